The predicted octanol–water partition coefficient (Wildman–Crippen LogP) is 3.59. The Hall–Kier alpha value is -2.24. The van der Waals surface area contributed by atoms with E-state index in [9.17, 15) is 4.79 Å². The Morgan fingerprint density at radius 1 is 1.14 bits per heavy atom. The second-order valence-electron chi connectivity index (χ2n) is 4.29. The Labute approximate surface area is 129 Å². The molecule has 0 aliphatic heterocycles. The normalized spacial score (nSPS) is 10.8. The highest BCUT2D eigenvalue weighted by Gasteiger charge is 2.23. The van der Waals surface area contributed by atoms with Crippen molar-refractivity contribution < 1.29 is 4.52 Å². The van der Waals surface area contributed by atoms with Crippen LogP contribution in [-0.4, -0.2) is 10.1 Å². The lowest BCUT2D eigenvalue weighted by Crippen LogP contribution is -2.04. The molecule has 0 atom stereocenters. The molecule has 3 rings (SSSR count). The molecule has 2 heterocycles. The van der Waals surface area contributed by atoms with Crippen LogP contribution < -0.4 is 11.2 Å². The van der Waals surface area contributed by atoms with Crippen LogP contribution in [-0.2, 0) is 0 Å². The largest absolute Gasteiger partial charge is 0.367 e. The highest BCUT2D eigenvalue weighted by molar-refractivity contribution is 6.39. The first-order valence-electron chi connectivity index (χ1n) is 5.96. The molecular formula is C14H9Cl2N3O2. The van der Waals surface area contributed by atoms with Crippen molar-refractivity contribution in [1.82, 2.24) is 10.1 Å². The molecule has 0 aliphatic carbocycles. The Balaban J connectivity index is 2.34. The van der Waals surface area contributed by atoms with Gasteiger partial charge in [0.25, 0.3) is 0 Å². The van der Waals surface area contributed by atoms with E-state index in [1.165, 1.54) is 18.5 Å². The van der Waals surface area contributed by atoms with E-state index in [0.29, 0.717) is 32.4 Å². The van der Waals surface area contributed by atoms with E-state index in [2.05, 4.69) is 10.1 Å². The maximum Gasteiger partial charge on any atom is 0.230 e. The van der Waals surface area contributed by atoms with Gasteiger partial charge in [0, 0.05) is 24.0 Å². The standard InChI is InChI=1S/C14H9Cl2N3O2/c15-8-2-1-3-9(16)11(8)12-13(19-21-14(12)17)7-6-18-5-4-10(7)20/h1-6H,17H2,(H,18,20). The quantitative estimate of drug-likeness (QED) is 0.755. The van der Waals surface area contributed by atoms with Crippen molar-refractivity contribution >= 4 is 29.1 Å². The van der Waals surface area contributed by atoms with E-state index in [4.69, 9.17) is 33.5 Å². The van der Waals surface area contributed by atoms with Crippen molar-refractivity contribution in [3.05, 3.63) is 56.9 Å². The molecule has 21 heavy (non-hydrogen) atoms. The van der Waals surface area contributed by atoms with Crippen molar-refractivity contribution in [3.63, 3.8) is 0 Å². The molecule has 3 aromatic rings. The summed E-state index contributed by atoms with van der Waals surface area (Å²) in [4.78, 5) is 14.8. The minimum absolute atomic E-state index is 0.0447. The summed E-state index contributed by atoms with van der Waals surface area (Å²) in [6.07, 6.45) is 3.05. The lowest BCUT2D eigenvalue weighted by molar-refractivity contribution is 0.439. The number of halogens is 2. The highest BCUT2D eigenvalue weighted by atomic mass is 35.5. The molecule has 0 fully saturated rings. The molecule has 5 nitrogen and oxygen atoms in total. The van der Waals surface area contributed by atoms with Gasteiger partial charge >= 0.3 is 0 Å². The van der Waals surface area contributed by atoms with Crippen molar-refractivity contribution in [2.24, 2.45) is 0 Å². The van der Waals surface area contributed by atoms with Crippen LogP contribution >= 0.6 is 23.2 Å². The Kier molecular flexibility index (Phi) is 3.45. The van der Waals surface area contributed by atoms with Gasteiger partial charge in [0.15, 0.2) is 5.43 Å². The van der Waals surface area contributed by atoms with Gasteiger partial charge in [-0.2, -0.15) is 0 Å². The molecule has 3 N–H and O–H groups in total. The third-order valence-electron chi connectivity index (χ3n) is 3.01. The number of anilines is 1. The zero-order chi connectivity index (χ0) is 15.0. The SMILES string of the molecule is Nc1onc(-c2c[nH]ccc2=O)c1-c1c(Cl)cccc1Cl. The highest BCUT2D eigenvalue weighted by Crippen LogP contribution is 2.42. The van der Waals surface area contributed by atoms with Crippen LogP contribution in [0.15, 0.2) is 46.0 Å². The first kappa shape index (κ1) is 13.7. The molecule has 0 aliphatic rings. The molecule has 0 radical (unpaired) electrons. The molecule has 7 heteroatoms. The van der Waals surface area contributed by atoms with Crippen LogP contribution in [0.1, 0.15) is 0 Å². The van der Waals surface area contributed by atoms with Crippen molar-refractivity contribution in [2.75, 3.05) is 5.73 Å². The summed E-state index contributed by atoms with van der Waals surface area (Å²) in [5.41, 5.74) is 7.13. The van der Waals surface area contributed by atoms with Crippen LogP contribution in [0.3, 0.4) is 0 Å². The van der Waals surface area contributed by atoms with Crippen molar-refractivity contribution in [2.45, 2.75) is 0 Å². The minimum Gasteiger partial charge on any atom is -0.367 e. The number of rotatable bonds is 2. The summed E-state index contributed by atoms with van der Waals surface area (Å²) in [6, 6.07) is 6.45. The second-order valence-corrected chi connectivity index (χ2v) is 5.10. The van der Waals surface area contributed by atoms with Crippen LogP contribution in [0, 0.1) is 0 Å². The fourth-order valence-corrected chi connectivity index (χ4v) is 2.65. The lowest BCUT2D eigenvalue weighted by atomic mass is 10.0. The molecule has 0 unspecified atom stereocenters. The maximum absolute atomic E-state index is 12.0. The molecule has 0 bridgehead atoms. The first-order valence-corrected chi connectivity index (χ1v) is 6.72. The number of aromatic amines is 1. The Morgan fingerprint density at radius 2 is 1.86 bits per heavy atom. The van der Waals surface area contributed by atoms with E-state index < -0.39 is 0 Å². The van der Waals surface area contributed by atoms with Crippen LogP contribution in [0.25, 0.3) is 22.4 Å². The molecular weight excluding hydrogens is 313 g/mol. The van der Waals surface area contributed by atoms with E-state index in [1.54, 1.807) is 18.2 Å². The Morgan fingerprint density at radius 3 is 2.52 bits per heavy atom. The van der Waals surface area contributed by atoms with Gasteiger partial charge in [-0.1, -0.05) is 34.4 Å². The molecule has 1 aromatic carbocycles. The fourth-order valence-electron chi connectivity index (χ4n) is 2.07. The van der Waals surface area contributed by atoms with Gasteiger partial charge in [-0.25, -0.2) is 0 Å². The number of H-pyrrole nitrogens is 1. The maximum atomic E-state index is 12.0. The summed E-state index contributed by atoms with van der Waals surface area (Å²) in [5.74, 6) is 0.0447. The third kappa shape index (κ3) is 2.30. The molecule has 0 amide bonds. The van der Waals surface area contributed by atoms with E-state index in [-0.39, 0.29) is 11.3 Å². The Bertz CT molecular complexity index is 850. The number of aromatic nitrogens is 2. The monoisotopic (exact) mass is 321 g/mol. The van der Waals surface area contributed by atoms with Crippen LogP contribution in [0.4, 0.5) is 5.88 Å². The smallest absolute Gasteiger partial charge is 0.230 e. The van der Waals surface area contributed by atoms with Gasteiger partial charge in [0.1, 0.15) is 5.69 Å². The average molecular weight is 322 g/mol. The number of pyridine rings is 1. The average Bonchev–Trinajstić information content (AvgIpc) is 2.81. The van der Waals surface area contributed by atoms with Gasteiger partial charge < -0.3 is 15.2 Å². The number of nitrogens with one attached hydrogen (secondary N) is 1. The number of nitrogen functional groups attached to an aromatic ring is 1. The fraction of sp³-hybridized carbons (Fsp3) is 0. The number of hydrogen-bond acceptors (Lipinski definition) is 4. The molecule has 106 valence electrons. The number of nitrogens with zero attached hydrogens (tertiary/aromatic N) is 1. The van der Waals surface area contributed by atoms with Crippen molar-refractivity contribution in [3.8, 4) is 22.4 Å². The van der Waals surface area contributed by atoms with Gasteiger partial charge in [-0.05, 0) is 12.1 Å². The number of benzene rings is 1. The van der Waals surface area contributed by atoms with Crippen LogP contribution in [0.5, 0.6) is 0 Å². The topological polar surface area (TPSA) is 84.9 Å². The predicted molar refractivity (Wildman–Crippen MR) is 82.4 cm³/mol. The summed E-state index contributed by atoms with van der Waals surface area (Å²) in [5, 5.41) is 4.66. The first-order chi connectivity index (χ1) is 10.1. The van der Waals surface area contributed by atoms with Gasteiger partial charge in [0.05, 0.1) is 21.2 Å². The summed E-state index contributed by atoms with van der Waals surface area (Å²) in [7, 11) is 0. The number of hydrogen-bond donors (Lipinski definition) is 2. The van der Waals surface area contributed by atoms with E-state index in [0.717, 1.165) is 0 Å². The lowest BCUT2D eigenvalue weighted by Gasteiger charge is -2.07. The second kappa shape index (κ2) is 5.27. The van der Waals surface area contributed by atoms with Gasteiger partial charge in [-0.15, -0.1) is 0 Å². The molecule has 0 saturated carbocycles. The molecule has 0 spiro atoms. The zero-order valence-electron chi connectivity index (χ0n) is 10.6. The van der Waals surface area contributed by atoms with Crippen molar-refractivity contribution in [1.29, 1.82) is 0 Å². The van der Waals surface area contributed by atoms with Gasteiger partial charge in [0.2, 0.25) is 5.88 Å². The third-order valence-corrected chi connectivity index (χ3v) is 3.64. The summed E-state index contributed by atoms with van der Waals surface area (Å²) < 4.78 is 5.03. The van der Waals surface area contributed by atoms with Gasteiger partial charge in [-0.3, -0.25) is 4.79 Å². The van der Waals surface area contributed by atoms with Crippen LogP contribution in [0.2, 0.25) is 10.0 Å². The molecule has 0 saturated heterocycles. The minimum atomic E-state index is -0.216. The zero-order valence-corrected chi connectivity index (χ0v) is 12.1. The van der Waals surface area contributed by atoms with E-state index >= 15 is 0 Å². The summed E-state index contributed by atoms with van der Waals surface area (Å²) in [6.45, 7) is 0. The summed E-state index contributed by atoms with van der Waals surface area (Å²) >= 11 is 12.4. The molecule has 2 aromatic heterocycles. The van der Waals surface area contributed by atoms with E-state index in [1.807, 2.05) is 0 Å². The number of nitrogens with two attached hydrogens (primary N) is 1.